The molecule has 6 heteroatoms. The topological polar surface area (TPSA) is 69.8 Å². The van der Waals surface area contributed by atoms with Crippen LogP contribution >= 0.6 is 12.4 Å². The summed E-state index contributed by atoms with van der Waals surface area (Å²) in [5.41, 5.74) is 1.82. The summed E-state index contributed by atoms with van der Waals surface area (Å²) in [4.78, 5) is 11.9. The monoisotopic (exact) mass is 294 g/mol. The molecule has 108 valence electrons. The normalized spacial score (nSPS) is 17.9. The first-order valence-electron chi connectivity index (χ1n) is 6.75. The van der Waals surface area contributed by atoms with Gasteiger partial charge in [-0.2, -0.15) is 5.10 Å². The van der Waals surface area contributed by atoms with Crippen molar-refractivity contribution in [2.24, 2.45) is 5.92 Å². The lowest BCUT2D eigenvalue weighted by Gasteiger charge is -2.08. The molecule has 20 heavy (non-hydrogen) atoms. The second-order valence-electron chi connectivity index (χ2n) is 5.12. The highest BCUT2D eigenvalue weighted by atomic mass is 35.5. The number of carbonyl (C=O) groups is 1. The SMILES string of the molecule is Cl.O=C(CCC1CCNC1)Nc1ccc2[nH]ncc2c1. The highest BCUT2D eigenvalue weighted by Gasteiger charge is 2.15. The van der Waals surface area contributed by atoms with Crippen LogP contribution in [0.5, 0.6) is 0 Å². The van der Waals surface area contributed by atoms with Gasteiger partial charge in [0.1, 0.15) is 0 Å². The van der Waals surface area contributed by atoms with Crippen LogP contribution < -0.4 is 10.6 Å². The number of carbonyl (C=O) groups excluding carboxylic acids is 1. The van der Waals surface area contributed by atoms with Gasteiger partial charge in [0.25, 0.3) is 0 Å². The van der Waals surface area contributed by atoms with Crippen molar-refractivity contribution >= 4 is 34.9 Å². The summed E-state index contributed by atoms with van der Waals surface area (Å²) in [7, 11) is 0. The molecule has 1 atom stereocenters. The van der Waals surface area contributed by atoms with Crippen molar-refractivity contribution in [3.8, 4) is 0 Å². The third-order valence-corrected chi connectivity index (χ3v) is 3.67. The smallest absolute Gasteiger partial charge is 0.224 e. The summed E-state index contributed by atoms with van der Waals surface area (Å²) in [6, 6.07) is 5.77. The van der Waals surface area contributed by atoms with Gasteiger partial charge in [-0.1, -0.05) is 0 Å². The van der Waals surface area contributed by atoms with Crippen molar-refractivity contribution in [3.05, 3.63) is 24.4 Å². The summed E-state index contributed by atoms with van der Waals surface area (Å²) in [6.07, 6.45) is 4.51. The quantitative estimate of drug-likeness (QED) is 0.810. The molecule has 5 nitrogen and oxygen atoms in total. The van der Waals surface area contributed by atoms with Gasteiger partial charge in [-0.25, -0.2) is 0 Å². The van der Waals surface area contributed by atoms with E-state index in [9.17, 15) is 4.79 Å². The minimum Gasteiger partial charge on any atom is -0.326 e. The molecule has 0 aliphatic carbocycles. The van der Waals surface area contributed by atoms with Crippen molar-refractivity contribution in [1.29, 1.82) is 0 Å². The van der Waals surface area contributed by atoms with Gasteiger partial charge in [0.15, 0.2) is 0 Å². The average Bonchev–Trinajstić information content (AvgIpc) is 3.07. The van der Waals surface area contributed by atoms with E-state index in [1.807, 2.05) is 18.2 Å². The molecule has 3 rings (SSSR count). The van der Waals surface area contributed by atoms with Crippen LogP contribution in [0.3, 0.4) is 0 Å². The van der Waals surface area contributed by atoms with E-state index in [1.54, 1.807) is 6.20 Å². The summed E-state index contributed by atoms with van der Waals surface area (Å²) in [6.45, 7) is 2.14. The third-order valence-electron chi connectivity index (χ3n) is 3.67. The van der Waals surface area contributed by atoms with Gasteiger partial charge >= 0.3 is 0 Å². The van der Waals surface area contributed by atoms with Gasteiger partial charge < -0.3 is 10.6 Å². The average molecular weight is 295 g/mol. The second-order valence-corrected chi connectivity index (χ2v) is 5.12. The first-order valence-corrected chi connectivity index (χ1v) is 6.75. The number of aromatic nitrogens is 2. The third kappa shape index (κ3) is 3.49. The number of halogens is 1. The lowest BCUT2D eigenvalue weighted by Crippen LogP contribution is -2.14. The molecule has 0 saturated carbocycles. The van der Waals surface area contributed by atoms with Gasteiger partial charge in [-0.15, -0.1) is 12.4 Å². The van der Waals surface area contributed by atoms with E-state index in [1.165, 1.54) is 6.42 Å². The number of hydrogen-bond donors (Lipinski definition) is 3. The Kier molecular flexibility index (Phi) is 4.98. The summed E-state index contributed by atoms with van der Waals surface area (Å²) < 4.78 is 0. The molecule has 0 spiro atoms. The number of aromatic amines is 1. The van der Waals surface area contributed by atoms with Crippen LogP contribution in [0.2, 0.25) is 0 Å². The molecular formula is C14H19ClN4O. The maximum Gasteiger partial charge on any atom is 0.224 e. The van der Waals surface area contributed by atoms with Crippen LogP contribution in [0.15, 0.2) is 24.4 Å². The molecule has 1 aromatic carbocycles. The Morgan fingerprint density at radius 2 is 2.35 bits per heavy atom. The Bertz CT molecular complexity index is 577. The van der Waals surface area contributed by atoms with Crippen LogP contribution in [0.4, 0.5) is 5.69 Å². The van der Waals surface area contributed by atoms with E-state index in [2.05, 4.69) is 20.8 Å². The number of benzene rings is 1. The minimum absolute atomic E-state index is 0. The van der Waals surface area contributed by atoms with Crippen LogP contribution in [0.25, 0.3) is 10.9 Å². The molecule has 1 amide bonds. The molecular weight excluding hydrogens is 276 g/mol. The van der Waals surface area contributed by atoms with Crippen LogP contribution in [-0.2, 0) is 4.79 Å². The first kappa shape index (κ1) is 14.8. The molecule has 1 aliphatic rings. The lowest BCUT2D eigenvalue weighted by molar-refractivity contribution is -0.116. The molecule has 1 aliphatic heterocycles. The summed E-state index contributed by atoms with van der Waals surface area (Å²) in [5, 5.41) is 14.1. The highest BCUT2D eigenvalue weighted by Crippen LogP contribution is 2.18. The Morgan fingerprint density at radius 3 is 3.15 bits per heavy atom. The number of anilines is 1. The molecule has 2 aromatic rings. The van der Waals surface area contributed by atoms with E-state index in [0.717, 1.165) is 36.1 Å². The number of H-pyrrole nitrogens is 1. The number of rotatable bonds is 4. The number of nitrogens with zero attached hydrogens (tertiary/aromatic N) is 1. The standard InChI is InChI=1S/C14H18N4O.ClH/c19-14(4-1-10-5-6-15-8-10)17-12-2-3-13-11(7-12)9-16-18-13;/h2-3,7,9-10,15H,1,4-6,8H2,(H,16,18)(H,17,19);1H. The highest BCUT2D eigenvalue weighted by molar-refractivity contribution is 5.93. The van der Waals surface area contributed by atoms with Crippen molar-refractivity contribution in [2.75, 3.05) is 18.4 Å². The maximum absolute atomic E-state index is 11.9. The van der Waals surface area contributed by atoms with Crippen molar-refractivity contribution < 1.29 is 4.79 Å². The fourth-order valence-corrected chi connectivity index (χ4v) is 2.54. The summed E-state index contributed by atoms with van der Waals surface area (Å²) >= 11 is 0. The van der Waals surface area contributed by atoms with Crippen molar-refractivity contribution in [1.82, 2.24) is 15.5 Å². The molecule has 1 unspecified atom stereocenters. The molecule has 0 radical (unpaired) electrons. The van der Waals surface area contributed by atoms with E-state index in [0.29, 0.717) is 12.3 Å². The van der Waals surface area contributed by atoms with E-state index < -0.39 is 0 Å². The Hall–Kier alpha value is -1.59. The van der Waals surface area contributed by atoms with Gasteiger partial charge in [-0.05, 0) is 50.0 Å². The Labute approximate surface area is 123 Å². The number of nitrogens with one attached hydrogen (secondary N) is 3. The van der Waals surface area contributed by atoms with Gasteiger partial charge in [0.2, 0.25) is 5.91 Å². The number of hydrogen-bond acceptors (Lipinski definition) is 3. The fraction of sp³-hybridized carbons (Fsp3) is 0.429. The predicted octanol–water partition coefficient (Wildman–Crippen LogP) is 2.31. The van der Waals surface area contributed by atoms with Gasteiger partial charge in [-0.3, -0.25) is 9.89 Å². The van der Waals surface area contributed by atoms with Crippen molar-refractivity contribution in [2.45, 2.75) is 19.3 Å². The van der Waals surface area contributed by atoms with Crippen LogP contribution in [0.1, 0.15) is 19.3 Å². The number of amides is 1. The molecule has 2 heterocycles. The van der Waals surface area contributed by atoms with Gasteiger partial charge in [0, 0.05) is 17.5 Å². The van der Waals surface area contributed by atoms with Crippen LogP contribution in [-0.4, -0.2) is 29.2 Å². The molecule has 0 bridgehead atoms. The van der Waals surface area contributed by atoms with E-state index in [4.69, 9.17) is 0 Å². The van der Waals surface area contributed by atoms with Crippen LogP contribution in [0, 0.1) is 5.92 Å². The second kappa shape index (κ2) is 6.72. The fourth-order valence-electron chi connectivity index (χ4n) is 2.54. The first-order chi connectivity index (χ1) is 9.31. The van der Waals surface area contributed by atoms with Gasteiger partial charge in [0.05, 0.1) is 11.7 Å². The van der Waals surface area contributed by atoms with E-state index >= 15 is 0 Å². The maximum atomic E-state index is 11.9. The summed E-state index contributed by atoms with van der Waals surface area (Å²) in [5.74, 6) is 0.747. The van der Waals surface area contributed by atoms with Crippen molar-refractivity contribution in [3.63, 3.8) is 0 Å². The zero-order valence-electron chi connectivity index (χ0n) is 11.2. The molecule has 1 fully saturated rings. The Balaban J connectivity index is 0.00000147. The zero-order valence-corrected chi connectivity index (χ0v) is 12.0. The van der Waals surface area contributed by atoms with E-state index in [-0.39, 0.29) is 18.3 Å². The molecule has 3 N–H and O–H groups in total. The molecule has 1 saturated heterocycles. The largest absolute Gasteiger partial charge is 0.326 e. The number of fused-ring (bicyclic) bond motifs is 1. The molecule has 1 aromatic heterocycles. The zero-order chi connectivity index (χ0) is 13.1. The Morgan fingerprint density at radius 1 is 1.45 bits per heavy atom. The minimum atomic E-state index is 0. The lowest BCUT2D eigenvalue weighted by atomic mass is 10.0. The predicted molar refractivity (Wildman–Crippen MR) is 82.2 cm³/mol.